The molecule has 0 bridgehead atoms. The number of fused-ring (bicyclic) bond motifs is 2. The molecule has 0 aromatic carbocycles. The number of methoxy groups -OCH3 is 1. The monoisotopic (exact) mass is 368 g/mol. The van der Waals surface area contributed by atoms with Gasteiger partial charge in [-0.2, -0.15) is 0 Å². The number of carbonyl (C=O) groups is 1. The second kappa shape index (κ2) is 5.94. The molecule has 4 aromatic heterocycles. The Balaban J connectivity index is 1.85. The molecule has 0 atom stereocenters. The van der Waals surface area contributed by atoms with Crippen molar-refractivity contribution in [3.63, 3.8) is 0 Å². The van der Waals surface area contributed by atoms with Crippen LogP contribution in [0.5, 0.6) is 0 Å². The summed E-state index contributed by atoms with van der Waals surface area (Å²) >= 11 is 0. The van der Waals surface area contributed by atoms with Gasteiger partial charge >= 0.3 is 11.7 Å². The summed E-state index contributed by atoms with van der Waals surface area (Å²) in [5.74, 6) is -0.477. The van der Waals surface area contributed by atoms with Crippen molar-refractivity contribution in [1.29, 1.82) is 0 Å². The summed E-state index contributed by atoms with van der Waals surface area (Å²) in [6.07, 6.45) is 5.03. The fraction of sp³-hybridized carbons (Fsp3) is 0.235. The molecule has 4 aromatic rings. The maximum absolute atomic E-state index is 12.5. The third kappa shape index (κ3) is 2.45. The minimum Gasteiger partial charge on any atom is -0.465 e. The van der Waals surface area contributed by atoms with Gasteiger partial charge in [-0.25, -0.2) is 19.6 Å². The lowest BCUT2D eigenvalue weighted by Crippen LogP contribution is -2.37. The van der Waals surface area contributed by atoms with E-state index in [9.17, 15) is 14.4 Å². The maximum atomic E-state index is 12.5. The van der Waals surface area contributed by atoms with Gasteiger partial charge in [0.1, 0.15) is 5.56 Å². The standard InChI is InChI=1S/C17H16N6O4/c1-20-14-12(15(24)21(2)17(20)26)23(9-18-14)8-10-7-22-6-4-5-11(13(22)19-10)16(25)27-3/h4-7,9H,8H2,1-3H3. The van der Waals surface area contributed by atoms with Crippen LogP contribution in [0.25, 0.3) is 16.8 Å². The molecule has 0 saturated heterocycles. The van der Waals surface area contributed by atoms with Crippen LogP contribution in [0.1, 0.15) is 16.1 Å². The van der Waals surface area contributed by atoms with Gasteiger partial charge in [-0.1, -0.05) is 0 Å². The summed E-state index contributed by atoms with van der Waals surface area (Å²) in [5, 5.41) is 0. The van der Waals surface area contributed by atoms with Crippen LogP contribution >= 0.6 is 0 Å². The first-order chi connectivity index (χ1) is 12.9. The van der Waals surface area contributed by atoms with Gasteiger partial charge in [0.2, 0.25) is 0 Å². The number of carbonyl (C=O) groups excluding carboxylic acids is 1. The zero-order valence-electron chi connectivity index (χ0n) is 14.9. The quantitative estimate of drug-likeness (QED) is 0.468. The Bertz CT molecular complexity index is 1320. The largest absolute Gasteiger partial charge is 0.465 e. The molecule has 0 saturated carbocycles. The molecule has 0 fully saturated rings. The number of hydrogen-bond acceptors (Lipinski definition) is 6. The van der Waals surface area contributed by atoms with E-state index in [1.807, 2.05) is 0 Å². The predicted molar refractivity (Wildman–Crippen MR) is 95.8 cm³/mol. The fourth-order valence-corrected chi connectivity index (χ4v) is 3.10. The Hall–Kier alpha value is -3.69. The SMILES string of the molecule is COC(=O)c1cccn2cc(Cn3cnc4c3c(=O)n(C)c(=O)n4C)nc12. The molecule has 4 rings (SSSR count). The normalized spacial score (nSPS) is 11.4. The molecule has 27 heavy (non-hydrogen) atoms. The maximum Gasteiger partial charge on any atom is 0.341 e. The van der Waals surface area contributed by atoms with E-state index in [1.165, 1.54) is 25.1 Å². The highest BCUT2D eigenvalue weighted by Gasteiger charge is 2.17. The molecule has 10 heteroatoms. The van der Waals surface area contributed by atoms with Crippen molar-refractivity contribution in [2.24, 2.45) is 14.1 Å². The lowest BCUT2D eigenvalue weighted by molar-refractivity contribution is 0.0602. The Morgan fingerprint density at radius 2 is 1.96 bits per heavy atom. The topological polar surface area (TPSA) is 105 Å². The number of aryl methyl sites for hydroxylation is 1. The first kappa shape index (κ1) is 16.8. The van der Waals surface area contributed by atoms with Crippen molar-refractivity contribution in [1.82, 2.24) is 28.1 Å². The summed E-state index contributed by atoms with van der Waals surface area (Å²) in [6, 6.07) is 3.36. The average Bonchev–Trinajstić information content (AvgIpc) is 3.27. The van der Waals surface area contributed by atoms with Gasteiger partial charge in [0, 0.05) is 26.5 Å². The number of rotatable bonds is 3. The van der Waals surface area contributed by atoms with E-state index in [4.69, 9.17) is 4.74 Å². The van der Waals surface area contributed by atoms with Crippen LogP contribution in [0.15, 0.2) is 40.4 Å². The number of nitrogens with zero attached hydrogens (tertiary/aromatic N) is 6. The van der Waals surface area contributed by atoms with E-state index in [2.05, 4.69) is 9.97 Å². The Labute approximate surface area is 151 Å². The predicted octanol–water partition coefficient (Wildman–Crippen LogP) is -0.0837. The Morgan fingerprint density at radius 3 is 2.70 bits per heavy atom. The van der Waals surface area contributed by atoms with E-state index in [0.29, 0.717) is 28.1 Å². The highest BCUT2D eigenvalue weighted by molar-refractivity contribution is 5.95. The minimum atomic E-state index is -0.477. The number of imidazole rings is 2. The van der Waals surface area contributed by atoms with Gasteiger partial charge in [0.25, 0.3) is 5.56 Å². The molecule has 0 radical (unpaired) electrons. The zero-order valence-corrected chi connectivity index (χ0v) is 14.9. The van der Waals surface area contributed by atoms with Gasteiger partial charge in [-0.3, -0.25) is 13.9 Å². The first-order valence-electron chi connectivity index (χ1n) is 8.08. The molecule has 0 unspecified atom stereocenters. The zero-order chi connectivity index (χ0) is 19.3. The van der Waals surface area contributed by atoms with Crippen LogP contribution in [0.3, 0.4) is 0 Å². The van der Waals surface area contributed by atoms with Crippen molar-refractivity contribution in [2.75, 3.05) is 7.11 Å². The third-order valence-corrected chi connectivity index (χ3v) is 4.49. The lowest BCUT2D eigenvalue weighted by Gasteiger charge is -2.05. The molecule has 10 nitrogen and oxygen atoms in total. The second-order valence-electron chi connectivity index (χ2n) is 6.13. The molecular weight excluding hydrogens is 352 g/mol. The van der Waals surface area contributed by atoms with Crippen molar-refractivity contribution in [2.45, 2.75) is 6.54 Å². The number of hydrogen-bond donors (Lipinski definition) is 0. The third-order valence-electron chi connectivity index (χ3n) is 4.49. The van der Waals surface area contributed by atoms with E-state index in [0.717, 1.165) is 4.57 Å². The Morgan fingerprint density at radius 1 is 1.19 bits per heavy atom. The van der Waals surface area contributed by atoms with E-state index < -0.39 is 17.2 Å². The molecule has 0 N–H and O–H groups in total. The highest BCUT2D eigenvalue weighted by atomic mass is 16.5. The highest BCUT2D eigenvalue weighted by Crippen LogP contribution is 2.14. The van der Waals surface area contributed by atoms with E-state index in [1.54, 1.807) is 40.5 Å². The minimum absolute atomic E-state index is 0.256. The summed E-state index contributed by atoms with van der Waals surface area (Å²) in [7, 11) is 4.30. The molecule has 4 heterocycles. The van der Waals surface area contributed by atoms with Gasteiger partial charge < -0.3 is 13.7 Å². The molecule has 0 amide bonds. The summed E-state index contributed by atoms with van der Waals surface area (Å²) < 4.78 is 10.5. The number of pyridine rings is 1. The van der Waals surface area contributed by atoms with E-state index in [-0.39, 0.29) is 6.54 Å². The van der Waals surface area contributed by atoms with Crippen molar-refractivity contribution in [3.05, 3.63) is 62.9 Å². The van der Waals surface area contributed by atoms with Crippen LogP contribution in [-0.2, 0) is 25.4 Å². The van der Waals surface area contributed by atoms with Crippen LogP contribution < -0.4 is 11.2 Å². The van der Waals surface area contributed by atoms with Gasteiger partial charge in [0.05, 0.1) is 25.7 Å². The first-order valence-corrected chi connectivity index (χ1v) is 8.08. The van der Waals surface area contributed by atoms with Crippen molar-refractivity contribution in [3.8, 4) is 0 Å². The molecular formula is C17H16N6O4. The second-order valence-corrected chi connectivity index (χ2v) is 6.13. The van der Waals surface area contributed by atoms with Gasteiger partial charge in [0.15, 0.2) is 16.8 Å². The summed E-state index contributed by atoms with van der Waals surface area (Å²) in [6.45, 7) is 0.256. The molecule has 0 spiro atoms. The summed E-state index contributed by atoms with van der Waals surface area (Å²) in [4.78, 5) is 45.2. The number of esters is 1. The Kier molecular flexibility index (Phi) is 3.69. The smallest absolute Gasteiger partial charge is 0.341 e. The van der Waals surface area contributed by atoms with Crippen LogP contribution in [0, 0.1) is 0 Å². The van der Waals surface area contributed by atoms with Gasteiger partial charge in [-0.15, -0.1) is 0 Å². The summed E-state index contributed by atoms with van der Waals surface area (Å²) in [5.41, 5.74) is 1.19. The van der Waals surface area contributed by atoms with Crippen molar-refractivity contribution < 1.29 is 9.53 Å². The van der Waals surface area contributed by atoms with Crippen LogP contribution in [-0.4, -0.2) is 41.1 Å². The average molecular weight is 368 g/mol. The number of ether oxygens (including phenoxy) is 1. The van der Waals surface area contributed by atoms with Crippen LogP contribution in [0.2, 0.25) is 0 Å². The van der Waals surface area contributed by atoms with Crippen LogP contribution in [0.4, 0.5) is 0 Å². The molecule has 138 valence electrons. The number of aromatic nitrogens is 6. The lowest BCUT2D eigenvalue weighted by atomic mass is 10.3. The molecule has 0 aliphatic carbocycles. The fourth-order valence-electron chi connectivity index (χ4n) is 3.10. The van der Waals surface area contributed by atoms with Crippen molar-refractivity contribution >= 4 is 22.8 Å². The molecule has 0 aliphatic rings. The molecule has 0 aliphatic heterocycles. The van der Waals surface area contributed by atoms with Gasteiger partial charge in [-0.05, 0) is 12.1 Å². The van der Waals surface area contributed by atoms with E-state index >= 15 is 0 Å².